The number of carbonyl (C=O) groups excluding carboxylic acids is 2. The highest BCUT2D eigenvalue weighted by molar-refractivity contribution is 6.05. The number of quaternary nitrogens is 1. The number of hydrogen-bond donors (Lipinski definition) is 2. The molecular formula is C26H24F3N8O2+. The van der Waals surface area contributed by atoms with Gasteiger partial charge in [0.15, 0.2) is 0 Å². The van der Waals surface area contributed by atoms with Gasteiger partial charge in [0.2, 0.25) is 17.6 Å². The van der Waals surface area contributed by atoms with Crippen LogP contribution in [0.1, 0.15) is 47.3 Å². The van der Waals surface area contributed by atoms with Crippen LogP contribution in [0.4, 0.5) is 19.1 Å². The van der Waals surface area contributed by atoms with E-state index in [1.54, 1.807) is 30.7 Å². The number of allylic oxidation sites excluding steroid dienone is 1. The lowest BCUT2D eigenvalue weighted by atomic mass is 9.90. The maximum atomic E-state index is 12.9. The zero-order valence-corrected chi connectivity index (χ0v) is 20.6. The van der Waals surface area contributed by atoms with E-state index in [1.165, 1.54) is 12.1 Å². The number of halogens is 3. The fourth-order valence-electron chi connectivity index (χ4n) is 5.52. The summed E-state index contributed by atoms with van der Waals surface area (Å²) in [5, 5.41) is 2.30. The second-order valence-electron chi connectivity index (χ2n) is 9.87. The fraction of sp³-hybridized carbons (Fsp3) is 0.308. The molecule has 1 aromatic heterocycles. The first kappa shape index (κ1) is 25.1. The summed E-state index contributed by atoms with van der Waals surface area (Å²) >= 11 is 0. The topological polar surface area (TPSA) is 126 Å². The molecule has 4 aliphatic rings. The molecule has 0 aliphatic carbocycles. The molecule has 10 nitrogen and oxygen atoms in total. The van der Waals surface area contributed by atoms with Crippen LogP contribution in [0.2, 0.25) is 0 Å². The lowest BCUT2D eigenvalue weighted by Gasteiger charge is -2.35. The largest absolute Gasteiger partial charge is 0.433 e. The lowest BCUT2D eigenvalue weighted by Crippen LogP contribution is -2.53. The summed E-state index contributed by atoms with van der Waals surface area (Å²) in [5.41, 5.74) is 1.22. The quantitative estimate of drug-likeness (QED) is 0.457. The molecule has 13 heteroatoms. The van der Waals surface area contributed by atoms with E-state index in [0.29, 0.717) is 30.4 Å². The highest BCUT2D eigenvalue weighted by Crippen LogP contribution is 2.40. The van der Waals surface area contributed by atoms with Crippen molar-refractivity contribution in [2.75, 3.05) is 11.9 Å². The van der Waals surface area contributed by atoms with Gasteiger partial charge >= 0.3 is 6.18 Å². The molecule has 6 rings (SSSR count). The minimum absolute atomic E-state index is 0.0207. The summed E-state index contributed by atoms with van der Waals surface area (Å²) in [6, 6.07) is 7.43. The molecular weight excluding hydrogens is 513 g/mol. The van der Waals surface area contributed by atoms with Crippen LogP contribution in [0.3, 0.4) is 0 Å². The van der Waals surface area contributed by atoms with Gasteiger partial charge in [0, 0.05) is 36.7 Å². The average molecular weight is 538 g/mol. The first-order chi connectivity index (χ1) is 18.6. The van der Waals surface area contributed by atoms with Gasteiger partial charge < -0.3 is 4.90 Å². The molecule has 2 aromatic rings. The number of rotatable bonds is 4. The molecule has 3 N–H and O–H groups in total. The number of aliphatic imine (C=N–C) groups is 2. The van der Waals surface area contributed by atoms with Crippen molar-refractivity contribution in [2.45, 2.75) is 37.9 Å². The molecule has 1 aromatic carbocycles. The second-order valence-corrected chi connectivity index (χ2v) is 9.87. The molecule has 0 radical (unpaired) electrons. The van der Waals surface area contributed by atoms with Crippen LogP contribution >= 0.6 is 0 Å². The van der Waals surface area contributed by atoms with E-state index < -0.39 is 23.7 Å². The number of hydrogen-bond acceptors (Lipinski definition) is 7. The van der Waals surface area contributed by atoms with Gasteiger partial charge in [-0.05, 0) is 49.6 Å². The molecule has 0 saturated carbocycles. The summed E-state index contributed by atoms with van der Waals surface area (Å²) in [5.74, 6) is 6.44. The third-order valence-corrected chi connectivity index (χ3v) is 7.50. The monoisotopic (exact) mass is 537 g/mol. The van der Waals surface area contributed by atoms with Crippen molar-refractivity contribution in [3.8, 4) is 0 Å². The number of amidine groups is 1. The number of piperidine rings is 1. The Morgan fingerprint density at radius 3 is 2.69 bits per heavy atom. The third-order valence-electron chi connectivity index (χ3n) is 7.50. The Morgan fingerprint density at radius 2 is 1.92 bits per heavy atom. The maximum absolute atomic E-state index is 12.9. The number of fused-ring (bicyclic) bond motifs is 2. The van der Waals surface area contributed by atoms with Crippen LogP contribution in [0.15, 0.2) is 70.3 Å². The van der Waals surface area contributed by atoms with Crippen molar-refractivity contribution in [1.82, 2.24) is 14.9 Å². The van der Waals surface area contributed by atoms with Gasteiger partial charge in [-0.25, -0.2) is 9.97 Å². The normalized spacial score (nSPS) is 26.0. The number of carbonyl (C=O) groups is 2. The Labute approximate surface area is 221 Å². The van der Waals surface area contributed by atoms with Crippen LogP contribution in [0, 0.1) is 5.92 Å². The predicted molar refractivity (Wildman–Crippen MR) is 135 cm³/mol. The van der Waals surface area contributed by atoms with Crippen LogP contribution < -0.4 is 11.2 Å². The van der Waals surface area contributed by atoms with Crippen molar-refractivity contribution in [2.24, 2.45) is 21.7 Å². The Bertz CT molecular complexity index is 1480. The fourth-order valence-corrected chi connectivity index (χ4v) is 5.52. The Kier molecular flexibility index (Phi) is 5.92. The van der Waals surface area contributed by atoms with Crippen LogP contribution in [-0.4, -0.2) is 55.9 Å². The van der Waals surface area contributed by atoms with E-state index in [4.69, 9.17) is 10.8 Å². The van der Waals surface area contributed by atoms with Crippen molar-refractivity contribution in [3.05, 3.63) is 77.1 Å². The smallest absolute Gasteiger partial charge is 0.339 e. The highest BCUT2D eigenvalue weighted by atomic mass is 19.4. The first-order valence-electron chi connectivity index (χ1n) is 12.5. The Morgan fingerprint density at radius 1 is 1.13 bits per heavy atom. The number of aromatic nitrogens is 2. The van der Waals surface area contributed by atoms with Crippen molar-refractivity contribution in [1.29, 1.82) is 0 Å². The number of alkyl halides is 3. The summed E-state index contributed by atoms with van der Waals surface area (Å²) < 4.78 is 38.6. The molecule has 3 atom stereocenters. The van der Waals surface area contributed by atoms with E-state index in [-0.39, 0.29) is 22.0 Å². The molecule has 2 amide bonds. The van der Waals surface area contributed by atoms with Gasteiger partial charge in [-0.3, -0.25) is 19.9 Å². The molecule has 200 valence electrons. The molecule has 4 aliphatic heterocycles. The lowest BCUT2D eigenvalue weighted by molar-refractivity contribution is -0.750. The van der Waals surface area contributed by atoms with Gasteiger partial charge in [-0.15, -0.1) is 4.59 Å². The minimum atomic E-state index is -4.66. The van der Waals surface area contributed by atoms with E-state index in [0.717, 1.165) is 42.9 Å². The van der Waals surface area contributed by atoms with Gasteiger partial charge in [0.25, 0.3) is 11.7 Å². The molecule has 5 heterocycles. The number of nitrogens with zero attached hydrogens (tertiary/aromatic N) is 6. The van der Waals surface area contributed by atoms with Gasteiger partial charge in [-0.1, -0.05) is 0 Å². The molecule has 1 unspecified atom stereocenters. The zero-order valence-electron chi connectivity index (χ0n) is 20.6. The van der Waals surface area contributed by atoms with E-state index >= 15 is 0 Å². The van der Waals surface area contributed by atoms with Gasteiger partial charge in [0.1, 0.15) is 17.6 Å². The number of nitrogens with two attached hydrogens (primary N) is 1. The van der Waals surface area contributed by atoms with Crippen molar-refractivity contribution < 1.29 is 27.4 Å². The average Bonchev–Trinajstić information content (AvgIpc) is 3.45. The van der Waals surface area contributed by atoms with Crippen molar-refractivity contribution >= 4 is 29.8 Å². The zero-order chi connectivity index (χ0) is 27.4. The molecule has 2 saturated heterocycles. The summed E-state index contributed by atoms with van der Waals surface area (Å²) in [6.07, 6.45) is 4.56. The van der Waals surface area contributed by atoms with E-state index in [1.807, 2.05) is 4.90 Å². The molecule has 39 heavy (non-hydrogen) atoms. The maximum Gasteiger partial charge on any atom is 0.433 e. The second kappa shape index (κ2) is 9.20. The standard InChI is InChI=1S/C26H23F3N8O2/c27-26(28,29)20-9-10-32-25(33-20)35-24(39)16-3-1-15(2-4-16)23-34-22(19-13-31-11-12-37(19,23)30)17-5-6-18-7-8-21(38)36(18)14-17/h1-4,9-13,17-18H,5-8,14,30H2/p+1/t17-,18+,37?/m1/s1. The van der Waals surface area contributed by atoms with Gasteiger partial charge in [0.05, 0.1) is 18.0 Å². The summed E-state index contributed by atoms with van der Waals surface area (Å²) in [6.45, 7) is 0.591. The molecule has 0 bridgehead atoms. The Hall–Kier alpha value is -4.23. The van der Waals surface area contributed by atoms with Crippen LogP contribution in [-0.2, 0) is 11.0 Å². The van der Waals surface area contributed by atoms with E-state index in [2.05, 4.69) is 20.3 Å². The number of benzene rings is 1. The third kappa shape index (κ3) is 4.42. The molecule has 2 fully saturated rings. The van der Waals surface area contributed by atoms with Crippen LogP contribution in [0.5, 0.6) is 0 Å². The molecule has 0 spiro atoms. The van der Waals surface area contributed by atoms with Gasteiger partial charge in [-0.2, -0.15) is 24.0 Å². The summed E-state index contributed by atoms with van der Waals surface area (Å²) in [4.78, 5) is 43.3. The summed E-state index contributed by atoms with van der Waals surface area (Å²) in [7, 11) is 0. The van der Waals surface area contributed by atoms with Crippen molar-refractivity contribution in [3.63, 3.8) is 0 Å². The highest BCUT2D eigenvalue weighted by Gasteiger charge is 2.48. The first-order valence-corrected chi connectivity index (χ1v) is 12.5. The minimum Gasteiger partial charge on any atom is -0.339 e. The van der Waals surface area contributed by atoms with E-state index in [9.17, 15) is 22.8 Å². The number of nitrogens with one attached hydrogen (secondary N) is 1. The Balaban J connectivity index is 1.24. The SMILES string of the molecule is N[N+]12C=CN=CC1=C([C@@H]1CC[C@H]3CCC(=O)N3C1)N=C2c1ccc(C(=O)Nc2nccc(C(F)(F)F)n2)cc1. The number of anilines is 1. The predicted octanol–water partition coefficient (Wildman–Crippen LogP) is 3.37. The van der Waals surface area contributed by atoms with Crippen LogP contribution in [0.25, 0.3) is 0 Å². The number of amides is 2.